The molecule has 0 saturated heterocycles. The molecular weight excluding hydrogens is 226 g/mol. The minimum absolute atomic E-state index is 0.100. The molecule has 0 atom stereocenters. The molecule has 0 N–H and O–H groups in total. The van der Waals surface area contributed by atoms with Crippen LogP contribution in [-0.4, -0.2) is 36.1 Å². The molecule has 18 heavy (non-hydrogen) atoms. The maximum absolute atomic E-state index is 11.8. The Kier molecular flexibility index (Phi) is 4.37. The highest BCUT2D eigenvalue weighted by atomic mass is 16.5. The van der Waals surface area contributed by atoms with E-state index in [1.54, 1.807) is 12.1 Å². The molecule has 1 aromatic carbocycles. The van der Waals surface area contributed by atoms with Crippen LogP contribution in [0.15, 0.2) is 30.3 Å². The van der Waals surface area contributed by atoms with Crippen molar-refractivity contribution in [1.82, 2.24) is 4.90 Å². The maximum Gasteiger partial charge on any atom is 0.338 e. The highest BCUT2D eigenvalue weighted by molar-refractivity contribution is 5.89. The van der Waals surface area contributed by atoms with Gasteiger partial charge in [0.25, 0.3) is 0 Å². The number of nitrogens with zero attached hydrogens (tertiary/aromatic N) is 1. The first-order valence-corrected chi connectivity index (χ1v) is 6.74. The molecule has 0 aromatic heterocycles. The lowest BCUT2D eigenvalue weighted by molar-refractivity contribution is -0.0268. The Bertz CT molecular complexity index is 381. The summed E-state index contributed by atoms with van der Waals surface area (Å²) in [5.74, 6) is -0.196. The van der Waals surface area contributed by atoms with E-state index < -0.39 is 0 Å². The van der Waals surface area contributed by atoms with Crippen LogP contribution in [0.5, 0.6) is 0 Å². The molecule has 0 amide bonds. The number of carbonyl (C=O) groups excluding carboxylic acids is 1. The summed E-state index contributed by atoms with van der Waals surface area (Å²) in [6, 6.07) is 9.79. The fraction of sp³-hybridized carbons (Fsp3) is 0.533. The van der Waals surface area contributed by atoms with E-state index in [9.17, 15) is 4.79 Å². The second-order valence-electron chi connectivity index (χ2n) is 4.74. The van der Waals surface area contributed by atoms with Gasteiger partial charge in [0, 0.05) is 18.9 Å². The summed E-state index contributed by atoms with van der Waals surface area (Å²) < 4.78 is 5.48. The third-order valence-corrected chi connectivity index (χ3v) is 3.68. The smallest absolute Gasteiger partial charge is 0.338 e. The molecule has 0 aliphatic heterocycles. The third kappa shape index (κ3) is 2.91. The topological polar surface area (TPSA) is 29.5 Å². The summed E-state index contributed by atoms with van der Waals surface area (Å²) in [6.45, 7) is 6.49. The van der Waals surface area contributed by atoms with Gasteiger partial charge >= 0.3 is 5.97 Å². The monoisotopic (exact) mass is 247 g/mol. The van der Waals surface area contributed by atoms with E-state index in [-0.39, 0.29) is 12.1 Å². The molecule has 1 aromatic rings. The van der Waals surface area contributed by atoms with Gasteiger partial charge in [0.15, 0.2) is 0 Å². The van der Waals surface area contributed by atoms with Crippen molar-refractivity contribution >= 4 is 5.97 Å². The van der Waals surface area contributed by atoms with Gasteiger partial charge in [0.2, 0.25) is 0 Å². The molecule has 0 radical (unpaired) electrons. The van der Waals surface area contributed by atoms with Crippen molar-refractivity contribution in [2.45, 2.75) is 38.8 Å². The molecular formula is C15H21NO2. The molecule has 0 unspecified atom stereocenters. The molecule has 0 spiro atoms. The summed E-state index contributed by atoms with van der Waals surface area (Å²) in [7, 11) is 0. The largest absolute Gasteiger partial charge is 0.459 e. The van der Waals surface area contributed by atoms with Gasteiger partial charge in [0.1, 0.15) is 6.10 Å². The van der Waals surface area contributed by atoms with E-state index in [0.717, 1.165) is 25.9 Å². The van der Waals surface area contributed by atoms with E-state index in [4.69, 9.17) is 4.74 Å². The summed E-state index contributed by atoms with van der Waals surface area (Å²) in [5, 5.41) is 0. The van der Waals surface area contributed by atoms with Crippen molar-refractivity contribution in [1.29, 1.82) is 0 Å². The quantitative estimate of drug-likeness (QED) is 0.749. The average Bonchev–Trinajstić information content (AvgIpc) is 2.37. The van der Waals surface area contributed by atoms with Crippen LogP contribution in [0.4, 0.5) is 0 Å². The number of benzene rings is 1. The standard InChI is InChI=1S/C15H21NO2/c1-3-16(4-2)13-10-14(11-13)18-15(17)12-8-6-5-7-9-12/h5-9,13-14H,3-4,10-11H2,1-2H3. The van der Waals surface area contributed by atoms with Crippen LogP contribution < -0.4 is 0 Å². The lowest BCUT2D eigenvalue weighted by Gasteiger charge is -2.41. The summed E-state index contributed by atoms with van der Waals surface area (Å²) >= 11 is 0. The van der Waals surface area contributed by atoms with Crippen LogP contribution in [0.1, 0.15) is 37.0 Å². The van der Waals surface area contributed by atoms with E-state index in [1.807, 2.05) is 18.2 Å². The number of esters is 1. The Hall–Kier alpha value is -1.35. The third-order valence-electron chi connectivity index (χ3n) is 3.68. The van der Waals surface area contributed by atoms with Gasteiger partial charge in [-0.3, -0.25) is 0 Å². The van der Waals surface area contributed by atoms with Crippen LogP contribution in [0.3, 0.4) is 0 Å². The first kappa shape index (κ1) is 13.1. The highest BCUT2D eigenvalue weighted by Gasteiger charge is 2.35. The predicted octanol–water partition coefficient (Wildman–Crippen LogP) is 2.72. The van der Waals surface area contributed by atoms with Crippen LogP contribution in [0.25, 0.3) is 0 Å². The summed E-state index contributed by atoms with van der Waals surface area (Å²) in [4.78, 5) is 14.3. The molecule has 2 rings (SSSR count). The van der Waals surface area contributed by atoms with Crippen molar-refractivity contribution in [3.8, 4) is 0 Å². The van der Waals surface area contributed by atoms with Crippen LogP contribution >= 0.6 is 0 Å². The number of ether oxygens (including phenoxy) is 1. The minimum Gasteiger partial charge on any atom is -0.459 e. The number of hydrogen-bond donors (Lipinski definition) is 0. The van der Waals surface area contributed by atoms with Gasteiger partial charge in [-0.25, -0.2) is 4.79 Å². The molecule has 0 heterocycles. The zero-order valence-corrected chi connectivity index (χ0v) is 11.1. The first-order chi connectivity index (χ1) is 8.74. The second kappa shape index (κ2) is 6.01. The van der Waals surface area contributed by atoms with Crippen LogP contribution in [0, 0.1) is 0 Å². The lowest BCUT2D eigenvalue weighted by atomic mass is 9.87. The van der Waals surface area contributed by atoms with Crippen molar-refractivity contribution in [2.24, 2.45) is 0 Å². The van der Waals surface area contributed by atoms with Crippen LogP contribution in [0.2, 0.25) is 0 Å². The molecule has 3 heteroatoms. The van der Waals surface area contributed by atoms with Crippen LogP contribution in [-0.2, 0) is 4.74 Å². The Morgan fingerprint density at radius 2 is 1.83 bits per heavy atom. The number of hydrogen-bond acceptors (Lipinski definition) is 3. The van der Waals surface area contributed by atoms with E-state index in [0.29, 0.717) is 11.6 Å². The SMILES string of the molecule is CCN(CC)C1CC(OC(=O)c2ccccc2)C1. The maximum atomic E-state index is 11.8. The van der Waals surface area contributed by atoms with Crippen molar-refractivity contribution in [3.63, 3.8) is 0 Å². The van der Waals surface area contributed by atoms with Gasteiger partial charge in [0.05, 0.1) is 5.56 Å². The Balaban J connectivity index is 1.79. The molecule has 1 aliphatic carbocycles. The van der Waals surface area contributed by atoms with Gasteiger partial charge in [-0.2, -0.15) is 0 Å². The molecule has 98 valence electrons. The van der Waals surface area contributed by atoms with Gasteiger partial charge in [-0.05, 0) is 25.2 Å². The van der Waals surface area contributed by atoms with Crippen molar-refractivity contribution < 1.29 is 9.53 Å². The second-order valence-corrected chi connectivity index (χ2v) is 4.74. The predicted molar refractivity (Wildman–Crippen MR) is 71.6 cm³/mol. The zero-order chi connectivity index (χ0) is 13.0. The molecule has 1 fully saturated rings. The van der Waals surface area contributed by atoms with Crippen molar-refractivity contribution in [3.05, 3.63) is 35.9 Å². The fourth-order valence-electron chi connectivity index (χ4n) is 2.47. The van der Waals surface area contributed by atoms with E-state index in [2.05, 4.69) is 18.7 Å². The first-order valence-electron chi connectivity index (χ1n) is 6.74. The van der Waals surface area contributed by atoms with Gasteiger partial charge in [-0.15, -0.1) is 0 Å². The Morgan fingerprint density at radius 3 is 2.39 bits per heavy atom. The minimum atomic E-state index is -0.196. The molecule has 0 bridgehead atoms. The highest BCUT2D eigenvalue weighted by Crippen LogP contribution is 2.28. The zero-order valence-electron chi connectivity index (χ0n) is 11.1. The fourth-order valence-corrected chi connectivity index (χ4v) is 2.47. The molecule has 3 nitrogen and oxygen atoms in total. The van der Waals surface area contributed by atoms with Gasteiger partial charge in [-0.1, -0.05) is 32.0 Å². The summed E-state index contributed by atoms with van der Waals surface area (Å²) in [6.07, 6.45) is 2.05. The number of carbonyl (C=O) groups is 1. The lowest BCUT2D eigenvalue weighted by Crippen LogP contribution is -2.48. The number of rotatable bonds is 5. The Labute approximate surface area is 109 Å². The average molecular weight is 247 g/mol. The van der Waals surface area contributed by atoms with E-state index in [1.165, 1.54) is 0 Å². The molecule has 1 aliphatic rings. The normalized spacial score (nSPS) is 22.6. The van der Waals surface area contributed by atoms with Crippen molar-refractivity contribution in [2.75, 3.05) is 13.1 Å². The Morgan fingerprint density at radius 1 is 1.22 bits per heavy atom. The van der Waals surface area contributed by atoms with E-state index >= 15 is 0 Å². The van der Waals surface area contributed by atoms with Gasteiger partial charge < -0.3 is 9.64 Å². The summed E-state index contributed by atoms with van der Waals surface area (Å²) in [5.41, 5.74) is 0.642. The molecule has 1 saturated carbocycles.